The predicted molar refractivity (Wildman–Crippen MR) is 91.9 cm³/mol. The molecule has 2 aliphatic rings. The molecule has 6 nitrogen and oxygen atoms in total. The lowest BCUT2D eigenvalue weighted by molar-refractivity contribution is 0.0134. The first kappa shape index (κ1) is 16.1. The monoisotopic (exact) mass is 341 g/mol. The molecule has 25 heavy (non-hydrogen) atoms. The third-order valence-electron chi connectivity index (χ3n) is 5.38. The molecule has 0 radical (unpaired) electrons. The Labute approximate surface area is 147 Å². The van der Waals surface area contributed by atoms with Gasteiger partial charge in [-0.25, -0.2) is 0 Å². The van der Waals surface area contributed by atoms with Gasteiger partial charge in [0.25, 0.3) is 0 Å². The summed E-state index contributed by atoms with van der Waals surface area (Å²) >= 11 is 0. The van der Waals surface area contributed by atoms with Crippen molar-refractivity contribution < 1.29 is 14.3 Å². The maximum absolute atomic E-state index is 12.6. The van der Waals surface area contributed by atoms with Crippen molar-refractivity contribution in [2.24, 2.45) is 7.05 Å². The Bertz CT molecular complexity index is 806. The van der Waals surface area contributed by atoms with Crippen molar-refractivity contribution in [1.29, 1.82) is 0 Å². The first-order valence-corrected chi connectivity index (χ1v) is 8.90. The number of aromatic nitrogens is 3. The lowest BCUT2D eigenvalue weighted by Gasteiger charge is -2.40. The van der Waals surface area contributed by atoms with Gasteiger partial charge >= 0.3 is 0 Å². The number of aryl methyl sites for hydroxylation is 1. The molecular formula is C19H23N3O3. The van der Waals surface area contributed by atoms with Gasteiger partial charge in [0.15, 0.2) is 11.6 Å². The van der Waals surface area contributed by atoms with Gasteiger partial charge in [-0.1, -0.05) is 6.42 Å². The Hall–Kier alpha value is -2.37. The van der Waals surface area contributed by atoms with Crippen LogP contribution in [-0.2, 0) is 13.7 Å². The third-order valence-corrected chi connectivity index (χ3v) is 5.38. The molecule has 2 heterocycles. The lowest BCUT2D eigenvalue weighted by Crippen LogP contribution is -2.43. The van der Waals surface area contributed by atoms with E-state index in [-0.39, 0.29) is 11.4 Å². The molecule has 1 fully saturated rings. The number of carbonyl (C=O) groups is 1. The van der Waals surface area contributed by atoms with Gasteiger partial charge in [-0.3, -0.25) is 4.79 Å². The second kappa shape index (κ2) is 6.17. The van der Waals surface area contributed by atoms with Gasteiger partial charge in [-0.2, -0.15) is 0 Å². The lowest BCUT2D eigenvalue weighted by atomic mass is 9.78. The molecule has 1 aliphatic heterocycles. The normalized spacial score (nSPS) is 18.7. The summed E-state index contributed by atoms with van der Waals surface area (Å²) in [7, 11) is 1.91. The van der Waals surface area contributed by atoms with Crippen molar-refractivity contribution in [3.63, 3.8) is 0 Å². The van der Waals surface area contributed by atoms with Crippen LogP contribution in [0.5, 0.6) is 11.5 Å². The van der Waals surface area contributed by atoms with Gasteiger partial charge in [0.05, 0.1) is 12.0 Å². The fourth-order valence-corrected chi connectivity index (χ4v) is 3.76. The highest BCUT2D eigenvalue weighted by Gasteiger charge is 2.41. The summed E-state index contributed by atoms with van der Waals surface area (Å²) in [6, 6.07) is 5.47. The summed E-state index contributed by atoms with van der Waals surface area (Å²) in [6.07, 6.45) is 5.91. The average molecular weight is 341 g/mol. The van der Waals surface area contributed by atoms with Gasteiger partial charge in [-0.15, -0.1) is 10.2 Å². The molecule has 4 rings (SSSR count). The number of benzene rings is 1. The molecule has 1 spiro atoms. The van der Waals surface area contributed by atoms with Crippen molar-refractivity contribution >= 4 is 5.78 Å². The predicted octanol–water partition coefficient (Wildman–Crippen LogP) is 3.37. The van der Waals surface area contributed by atoms with Gasteiger partial charge in [0.2, 0.25) is 0 Å². The van der Waals surface area contributed by atoms with Crippen molar-refractivity contribution in [3.8, 4) is 11.5 Å². The highest BCUT2D eigenvalue weighted by atomic mass is 16.5. The molecule has 6 heteroatoms. The molecule has 2 aromatic rings. The number of ketones is 1. The number of fused-ring (bicyclic) bond motifs is 1. The van der Waals surface area contributed by atoms with Crippen LogP contribution in [-0.4, -0.2) is 26.1 Å². The van der Waals surface area contributed by atoms with E-state index in [2.05, 4.69) is 10.2 Å². The van der Waals surface area contributed by atoms with E-state index >= 15 is 0 Å². The smallest absolute Gasteiger partial charge is 0.170 e. The zero-order chi connectivity index (χ0) is 17.4. The second-order valence-corrected chi connectivity index (χ2v) is 7.11. The minimum Gasteiger partial charge on any atom is -0.486 e. The Morgan fingerprint density at radius 1 is 1.24 bits per heavy atom. The van der Waals surface area contributed by atoms with E-state index in [4.69, 9.17) is 9.47 Å². The molecule has 0 amide bonds. The van der Waals surface area contributed by atoms with Gasteiger partial charge in [0, 0.05) is 13.1 Å². The van der Waals surface area contributed by atoms with E-state index in [9.17, 15) is 4.79 Å². The molecule has 1 aromatic carbocycles. The van der Waals surface area contributed by atoms with Gasteiger partial charge in [-0.05, 0) is 44.7 Å². The summed E-state index contributed by atoms with van der Waals surface area (Å²) < 4.78 is 14.1. The number of hydrogen-bond donors (Lipinski definition) is 0. The highest BCUT2D eigenvalue weighted by Crippen LogP contribution is 2.42. The molecular weight excluding hydrogens is 318 g/mol. The number of Topliss-reactive ketones (excluding diaryl/α,β-unsaturated/α-hetero) is 1. The van der Waals surface area contributed by atoms with Crippen LogP contribution in [0.2, 0.25) is 0 Å². The SMILES string of the molecule is Cc1nnc(COc2ccc3c(c2)OC2(CCCCC2)CC3=O)n1C. The molecule has 0 atom stereocenters. The molecule has 132 valence electrons. The van der Waals surface area contributed by atoms with E-state index in [1.165, 1.54) is 6.42 Å². The average Bonchev–Trinajstić information content (AvgIpc) is 2.92. The Morgan fingerprint density at radius 2 is 2.04 bits per heavy atom. The molecule has 0 N–H and O–H groups in total. The van der Waals surface area contributed by atoms with Crippen molar-refractivity contribution in [3.05, 3.63) is 35.4 Å². The maximum atomic E-state index is 12.6. The number of ether oxygens (including phenoxy) is 2. The summed E-state index contributed by atoms with van der Waals surface area (Å²) in [4.78, 5) is 12.6. The number of rotatable bonds is 3. The number of nitrogens with zero attached hydrogens (tertiary/aromatic N) is 3. The molecule has 0 unspecified atom stereocenters. The van der Waals surface area contributed by atoms with E-state index in [0.717, 1.165) is 37.3 Å². The first-order valence-electron chi connectivity index (χ1n) is 8.90. The van der Waals surface area contributed by atoms with Crippen LogP contribution in [0.1, 0.15) is 60.5 Å². The van der Waals surface area contributed by atoms with Crippen LogP contribution in [0, 0.1) is 6.92 Å². The zero-order valence-corrected chi connectivity index (χ0v) is 14.7. The van der Waals surface area contributed by atoms with E-state index < -0.39 is 0 Å². The highest BCUT2D eigenvalue weighted by molar-refractivity contribution is 6.00. The van der Waals surface area contributed by atoms with E-state index in [1.54, 1.807) is 0 Å². The number of carbonyl (C=O) groups excluding carboxylic acids is 1. The fourth-order valence-electron chi connectivity index (χ4n) is 3.76. The van der Waals surface area contributed by atoms with Crippen LogP contribution in [0.3, 0.4) is 0 Å². The number of hydrogen-bond acceptors (Lipinski definition) is 5. The summed E-state index contributed by atoms with van der Waals surface area (Å²) in [5.74, 6) is 3.12. The van der Waals surface area contributed by atoms with Gasteiger partial charge in [0.1, 0.15) is 29.5 Å². The van der Waals surface area contributed by atoms with Crippen molar-refractivity contribution in [2.75, 3.05) is 0 Å². The third kappa shape index (κ3) is 3.01. The molecule has 1 saturated carbocycles. The van der Waals surface area contributed by atoms with Crippen LogP contribution in [0.4, 0.5) is 0 Å². The van der Waals surface area contributed by atoms with Crippen LogP contribution in [0.15, 0.2) is 18.2 Å². The molecule has 1 aliphatic carbocycles. The standard InChI is InChI=1S/C19H23N3O3/c1-13-20-21-18(22(13)2)12-24-14-6-7-15-16(23)11-19(25-17(15)10-14)8-4-3-5-9-19/h6-7,10H,3-5,8-9,11-12H2,1-2H3. The molecule has 1 aromatic heterocycles. The van der Waals surface area contributed by atoms with E-state index in [0.29, 0.717) is 30.1 Å². The minimum atomic E-state index is -0.304. The topological polar surface area (TPSA) is 66.2 Å². The Morgan fingerprint density at radius 3 is 2.76 bits per heavy atom. The molecule has 0 saturated heterocycles. The maximum Gasteiger partial charge on any atom is 0.170 e. The summed E-state index contributed by atoms with van der Waals surface area (Å²) in [6.45, 7) is 2.23. The van der Waals surface area contributed by atoms with Crippen LogP contribution < -0.4 is 9.47 Å². The Balaban J connectivity index is 1.54. The zero-order valence-electron chi connectivity index (χ0n) is 14.7. The van der Waals surface area contributed by atoms with E-state index in [1.807, 2.05) is 36.7 Å². The first-order chi connectivity index (χ1) is 12.1. The second-order valence-electron chi connectivity index (χ2n) is 7.11. The quantitative estimate of drug-likeness (QED) is 0.856. The fraction of sp³-hybridized carbons (Fsp3) is 0.526. The summed E-state index contributed by atoms with van der Waals surface area (Å²) in [5.41, 5.74) is 0.361. The largest absolute Gasteiger partial charge is 0.486 e. The molecule has 0 bridgehead atoms. The van der Waals surface area contributed by atoms with Crippen LogP contribution in [0.25, 0.3) is 0 Å². The van der Waals surface area contributed by atoms with Crippen molar-refractivity contribution in [2.45, 2.75) is 57.7 Å². The minimum absolute atomic E-state index is 0.179. The Kier molecular flexibility index (Phi) is 3.98. The van der Waals surface area contributed by atoms with Crippen LogP contribution >= 0.6 is 0 Å². The van der Waals surface area contributed by atoms with Gasteiger partial charge < -0.3 is 14.0 Å². The summed E-state index contributed by atoms with van der Waals surface area (Å²) in [5, 5.41) is 8.13. The van der Waals surface area contributed by atoms with Crippen molar-refractivity contribution in [1.82, 2.24) is 14.8 Å².